The molecule has 0 aliphatic carbocycles. The summed E-state index contributed by atoms with van der Waals surface area (Å²) in [5, 5.41) is 9.45. The highest BCUT2D eigenvalue weighted by molar-refractivity contribution is 14.1. The number of hydrogen-bond acceptors (Lipinski definition) is 6. The topological polar surface area (TPSA) is 118 Å². The Bertz CT molecular complexity index is 1320. The van der Waals surface area contributed by atoms with Crippen molar-refractivity contribution in [1.29, 1.82) is 0 Å². The largest absolute Gasteiger partial charge is 0.493 e. The van der Waals surface area contributed by atoms with E-state index in [1.165, 1.54) is 19.4 Å². The maximum absolute atomic E-state index is 12.3. The standard InChI is InChI=1S/C25H22ClIN4O5/c1-15-5-3-7-18(9-15)29-22(32)14-36-23-20(27)10-16(11-21(23)35-2)13-28-31-25(34)24(33)30-19-8-4-6-17(26)12-19/h3-13H,14H2,1-2H3,(H,29,32)(H,30,33)(H,31,34)/b28-13-. The molecule has 0 radical (unpaired) electrons. The lowest BCUT2D eigenvalue weighted by Gasteiger charge is -2.13. The number of nitrogens with zero attached hydrogens (tertiary/aromatic N) is 1. The Balaban J connectivity index is 1.58. The van der Waals surface area contributed by atoms with Gasteiger partial charge in [0.05, 0.1) is 16.9 Å². The lowest BCUT2D eigenvalue weighted by Crippen LogP contribution is -2.32. The van der Waals surface area contributed by atoms with Crippen molar-refractivity contribution in [3.05, 3.63) is 80.4 Å². The van der Waals surface area contributed by atoms with E-state index in [0.717, 1.165) is 5.56 Å². The van der Waals surface area contributed by atoms with Crippen molar-refractivity contribution in [3.63, 3.8) is 0 Å². The number of carbonyl (C=O) groups excluding carboxylic acids is 3. The van der Waals surface area contributed by atoms with Crippen LogP contribution in [0.25, 0.3) is 0 Å². The van der Waals surface area contributed by atoms with Gasteiger partial charge in [0.2, 0.25) is 0 Å². The molecule has 0 unspecified atom stereocenters. The number of nitrogens with one attached hydrogen (secondary N) is 3. The van der Waals surface area contributed by atoms with Crippen molar-refractivity contribution in [2.45, 2.75) is 6.92 Å². The Hall–Kier alpha value is -3.64. The van der Waals surface area contributed by atoms with E-state index in [1.807, 2.05) is 47.7 Å². The van der Waals surface area contributed by atoms with Crippen molar-refractivity contribution in [1.82, 2.24) is 5.43 Å². The van der Waals surface area contributed by atoms with Crippen molar-refractivity contribution < 1.29 is 23.9 Å². The zero-order chi connectivity index (χ0) is 26.1. The van der Waals surface area contributed by atoms with Crippen LogP contribution in [0.3, 0.4) is 0 Å². The number of halogens is 2. The summed E-state index contributed by atoms with van der Waals surface area (Å²) in [6.07, 6.45) is 1.35. The van der Waals surface area contributed by atoms with Crippen molar-refractivity contribution in [3.8, 4) is 11.5 Å². The van der Waals surface area contributed by atoms with Crippen LogP contribution in [0.5, 0.6) is 11.5 Å². The molecule has 0 spiro atoms. The Kier molecular flexibility index (Phi) is 9.65. The molecule has 3 N–H and O–H groups in total. The minimum absolute atomic E-state index is 0.217. The molecule has 0 aromatic heterocycles. The quantitative estimate of drug-likeness (QED) is 0.150. The van der Waals surface area contributed by atoms with Gasteiger partial charge in [0.15, 0.2) is 18.1 Å². The van der Waals surface area contributed by atoms with Crippen LogP contribution in [0.4, 0.5) is 11.4 Å². The molecule has 0 fully saturated rings. The van der Waals surface area contributed by atoms with E-state index in [1.54, 1.807) is 36.4 Å². The SMILES string of the molecule is COc1cc(/C=N\NC(=O)C(=O)Nc2cccc(Cl)c2)cc(I)c1OCC(=O)Nc1cccc(C)c1. The minimum Gasteiger partial charge on any atom is -0.493 e. The highest BCUT2D eigenvalue weighted by Crippen LogP contribution is 2.33. The summed E-state index contributed by atoms with van der Waals surface area (Å²) in [5.74, 6) is -1.40. The molecule has 0 saturated heterocycles. The van der Waals surface area contributed by atoms with Crippen LogP contribution in [-0.4, -0.2) is 37.7 Å². The van der Waals surface area contributed by atoms with Gasteiger partial charge >= 0.3 is 11.8 Å². The van der Waals surface area contributed by atoms with Gasteiger partial charge < -0.3 is 20.1 Å². The number of carbonyl (C=O) groups is 3. The van der Waals surface area contributed by atoms with Crippen molar-refractivity contribution >= 4 is 69.5 Å². The minimum atomic E-state index is -0.951. The number of aryl methyl sites for hydroxylation is 1. The maximum Gasteiger partial charge on any atom is 0.329 e. The third-order valence-electron chi connectivity index (χ3n) is 4.57. The first-order chi connectivity index (χ1) is 17.2. The van der Waals surface area contributed by atoms with Gasteiger partial charge in [-0.25, -0.2) is 5.43 Å². The molecule has 0 aliphatic rings. The lowest BCUT2D eigenvalue weighted by molar-refractivity contribution is -0.136. The maximum atomic E-state index is 12.3. The Labute approximate surface area is 226 Å². The Morgan fingerprint density at radius 2 is 1.72 bits per heavy atom. The molecule has 3 aromatic carbocycles. The lowest BCUT2D eigenvalue weighted by atomic mass is 10.2. The normalized spacial score (nSPS) is 10.6. The molecule has 3 amide bonds. The molecule has 0 saturated carbocycles. The summed E-state index contributed by atoms with van der Waals surface area (Å²) < 4.78 is 11.7. The van der Waals surface area contributed by atoms with E-state index < -0.39 is 11.8 Å². The molecule has 9 nitrogen and oxygen atoms in total. The van der Waals surface area contributed by atoms with Crippen LogP contribution in [0.1, 0.15) is 11.1 Å². The van der Waals surface area contributed by atoms with Crippen LogP contribution in [-0.2, 0) is 14.4 Å². The second-order valence-electron chi connectivity index (χ2n) is 7.40. The average Bonchev–Trinajstić information content (AvgIpc) is 2.83. The first-order valence-corrected chi connectivity index (χ1v) is 12.0. The Morgan fingerprint density at radius 1 is 1.00 bits per heavy atom. The molecule has 36 heavy (non-hydrogen) atoms. The van der Waals surface area contributed by atoms with Gasteiger partial charge in [-0.05, 0) is 83.1 Å². The zero-order valence-corrected chi connectivity index (χ0v) is 22.2. The van der Waals surface area contributed by atoms with Gasteiger partial charge in [-0.15, -0.1) is 0 Å². The van der Waals surface area contributed by atoms with E-state index in [9.17, 15) is 14.4 Å². The molecular weight excluding hydrogens is 599 g/mol. The van der Waals surface area contributed by atoms with Gasteiger partial charge in [0, 0.05) is 16.4 Å². The van der Waals surface area contributed by atoms with Gasteiger partial charge in [-0.2, -0.15) is 5.10 Å². The Morgan fingerprint density at radius 3 is 2.42 bits per heavy atom. The number of anilines is 2. The van der Waals surface area contributed by atoms with E-state index >= 15 is 0 Å². The molecule has 3 rings (SSSR count). The summed E-state index contributed by atoms with van der Waals surface area (Å²) in [6, 6.07) is 17.2. The van der Waals surface area contributed by atoms with E-state index in [-0.39, 0.29) is 12.5 Å². The predicted molar refractivity (Wildman–Crippen MR) is 147 cm³/mol. The fraction of sp³-hybridized carbons (Fsp3) is 0.120. The fourth-order valence-electron chi connectivity index (χ4n) is 2.98. The predicted octanol–water partition coefficient (Wildman–Crippen LogP) is 4.37. The summed E-state index contributed by atoms with van der Waals surface area (Å²) in [6.45, 7) is 1.72. The van der Waals surface area contributed by atoms with Gasteiger partial charge in [0.1, 0.15) is 0 Å². The van der Waals surface area contributed by atoms with Crippen LogP contribution in [0.2, 0.25) is 5.02 Å². The fourth-order valence-corrected chi connectivity index (χ4v) is 3.95. The molecule has 3 aromatic rings. The summed E-state index contributed by atoms with van der Waals surface area (Å²) in [4.78, 5) is 36.3. The number of methoxy groups -OCH3 is 1. The van der Waals surface area contributed by atoms with Gasteiger partial charge in [0.25, 0.3) is 5.91 Å². The highest BCUT2D eigenvalue weighted by atomic mass is 127. The highest BCUT2D eigenvalue weighted by Gasteiger charge is 2.15. The second-order valence-corrected chi connectivity index (χ2v) is 9.00. The van der Waals surface area contributed by atoms with Gasteiger partial charge in [-0.3, -0.25) is 14.4 Å². The number of hydrazone groups is 1. The summed E-state index contributed by atoms with van der Waals surface area (Å²) >= 11 is 7.91. The van der Waals surface area contributed by atoms with Crippen LogP contribution in [0, 0.1) is 10.5 Å². The molecule has 11 heteroatoms. The first kappa shape index (κ1) is 27.0. The van der Waals surface area contributed by atoms with E-state index in [4.69, 9.17) is 21.1 Å². The molecular formula is C25H22ClIN4O5. The van der Waals surface area contributed by atoms with Crippen LogP contribution in [0.15, 0.2) is 65.8 Å². The molecule has 0 aliphatic heterocycles. The monoisotopic (exact) mass is 620 g/mol. The summed E-state index contributed by atoms with van der Waals surface area (Å²) in [5.41, 5.74) is 4.83. The number of benzene rings is 3. The van der Waals surface area contributed by atoms with E-state index in [0.29, 0.717) is 37.0 Å². The number of amides is 3. The smallest absolute Gasteiger partial charge is 0.329 e. The van der Waals surface area contributed by atoms with Crippen molar-refractivity contribution in [2.24, 2.45) is 5.10 Å². The second kappa shape index (κ2) is 12.9. The number of rotatable bonds is 8. The van der Waals surface area contributed by atoms with Crippen LogP contribution >= 0.6 is 34.2 Å². The number of ether oxygens (including phenoxy) is 2. The first-order valence-electron chi connectivity index (χ1n) is 10.5. The molecule has 0 atom stereocenters. The number of hydrogen-bond donors (Lipinski definition) is 3. The third kappa shape index (κ3) is 7.95. The zero-order valence-electron chi connectivity index (χ0n) is 19.3. The van der Waals surface area contributed by atoms with Crippen molar-refractivity contribution in [2.75, 3.05) is 24.4 Å². The van der Waals surface area contributed by atoms with Crippen LogP contribution < -0.4 is 25.5 Å². The van der Waals surface area contributed by atoms with Gasteiger partial charge in [-0.1, -0.05) is 29.8 Å². The van der Waals surface area contributed by atoms with E-state index in [2.05, 4.69) is 21.2 Å². The summed E-state index contributed by atoms with van der Waals surface area (Å²) in [7, 11) is 1.47. The molecule has 186 valence electrons. The molecule has 0 bridgehead atoms. The molecule has 0 heterocycles. The third-order valence-corrected chi connectivity index (χ3v) is 5.61. The average molecular weight is 621 g/mol.